The Morgan fingerprint density at radius 1 is 1.23 bits per heavy atom. The van der Waals surface area contributed by atoms with Crippen molar-refractivity contribution in [2.24, 2.45) is 5.92 Å². The molecule has 0 aliphatic carbocycles. The highest BCUT2D eigenvalue weighted by atomic mass is 79.9. The summed E-state index contributed by atoms with van der Waals surface area (Å²) in [5.41, 5.74) is 3.04. The van der Waals surface area contributed by atoms with Crippen LogP contribution in [0.3, 0.4) is 0 Å². The maximum absolute atomic E-state index is 12.7. The Morgan fingerprint density at radius 2 is 1.93 bits per heavy atom. The number of nitrogens with zero attached hydrogens (tertiary/aromatic N) is 3. The lowest BCUT2D eigenvalue weighted by Crippen LogP contribution is -2.43. The molecule has 0 atom stereocenters. The quantitative estimate of drug-likeness (QED) is 0.609. The van der Waals surface area contributed by atoms with Gasteiger partial charge in [0.1, 0.15) is 11.2 Å². The summed E-state index contributed by atoms with van der Waals surface area (Å²) in [6.45, 7) is 3.03. The van der Waals surface area contributed by atoms with Gasteiger partial charge in [-0.15, -0.1) is 11.3 Å². The van der Waals surface area contributed by atoms with Crippen LogP contribution in [0.1, 0.15) is 35.0 Å². The van der Waals surface area contributed by atoms with Crippen molar-refractivity contribution in [1.82, 2.24) is 14.6 Å². The Bertz CT molecular complexity index is 1150. The summed E-state index contributed by atoms with van der Waals surface area (Å²) < 4.78 is 2.08. The van der Waals surface area contributed by atoms with E-state index in [1.807, 2.05) is 25.1 Å². The third-order valence-corrected chi connectivity index (χ3v) is 7.04. The van der Waals surface area contributed by atoms with E-state index in [9.17, 15) is 14.4 Å². The molecular formula is C21H21BrN4O3S. The minimum atomic E-state index is -0.271. The highest BCUT2D eigenvalue weighted by Crippen LogP contribution is 2.22. The summed E-state index contributed by atoms with van der Waals surface area (Å²) in [6.07, 6.45) is 3.31. The molecule has 1 fully saturated rings. The third-order valence-electron chi connectivity index (χ3n) is 5.33. The van der Waals surface area contributed by atoms with Crippen molar-refractivity contribution in [3.05, 3.63) is 61.9 Å². The Morgan fingerprint density at radius 3 is 2.60 bits per heavy atom. The molecule has 3 aromatic rings. The molecule has 2 aromatic heterocycles. The van der Waals surface area contributed by atoms with E-state index in [0.717, 1.165) is 20.4 Å². The Kier molecular flexibility index (Phi) is 6.01. The lowest BCUT2D eigenvalue weighted by molar-refractivity contribution is -0.122. The fourth-order valence-corrected chi connectivity index (χ4v) is 4.75. The van der Waals surface area contributed by atoms with Gasteiger partial charge >= 0.3 is 0 Å². The molecule has 1 aliphatic rings. The molecule has 0 radical (unpaired) electrons. The van der Waals surface area contributed by atoms with E-state index >= 15 is 0 Å². The summed E-state index contributed by atoms with van der Waals surface area (Å²) >= 11 is 4.86. The number of amides is 2. The van der Waals surface area contributed by atoms with Gasteiger partial charge in [-0.05, 0) is 49.6 Å². The first-order valence-corrected chi connectivity index (χ1v) is 11.4. The molecule has 30 heavy (non-hydrogen) atoms. The molecule has 1 N–H and O–H groups in total. The zero-order valence-corrected chi connectivity index (χ0v) is 18.8. The summed E-state index contributed by atoms with van der Waals surface area (Å²) in [5, 5.41) is 0.523. The number of carbonyl (C=O) groups is 2. The number of halogens is 1. The summed E-state index contributed by atoms with van der Waals surface area (Å²) in [4.78, 5) is 45.8. The van der Waals surface area contributed by atoms with Gasteiger partial charge < -0.3 is 4.90 Å². The first-order chi connectivity index (χ1) is 14.5. The largest absolute Gasteiger partial charge is 0.339 e. The number of piperidine rings is 1. The second kappa shape index (κ2) is 8.69. The number of hydrogen-bond donors (Lipinski definition) is 1. The van der Waals surface area contributed by atoms with Crippen molar-refractivity contribution in [2.45, 2.75) is 26.2 Å². The second-order valence-corrected chi connectivity index (χ2v) is 9.29. The summed E-state index contributed by atoms with van der Waals surface area (Å²) in [7, 11) is 0. The second-order valence-electron chi connectivity index (χ2n) is 7.25. The highest BCUT2D eigenvalue weighted by molar-refractivity contribution is 9.10. The van der Waals surface area contributed by atoms with Crippen LogP contribution in [-0.2, 0) is 11.2 Å². The fraction of sp³-hybridized carbons (Fsp3) is 0.333. The Labute approximate surface area is 185 Å². The molecule has 9 heteroatoms. The Balaban J connectivity index is 1.39. The van der Waals surface area contributed by atoms with Crippen molar-refractivity contribution < 1.29 is 9.59 Å². The van der Waals surface area contributed by atoms with E-state index in [2.05, 4.69) is 26.3 Å². The molecule has 2 amide bonds. The molecule has 4 rings (SSSR count). The maximum atomic E-state index is 12.7. The number of hydrogen-bond acceptors (Lipinski definition) is 5. The predicted molar refractivity (Wildman–Crippen MR) is 120 cm³/mol. The van der Waals surface area contributed by atoms with Crippen molar-refractivity contribution in [3.63, 3.8) is 0 Å². The maximum Gasteiger partial charge on any atom is 0.280 e. The van der Waals surface area contributed by atoms with Crippen LogP contribution in [0, 0.1) is 5.92 Å². The van der Waals surface area contributed by atoms with Crippen LogP contribution in [0.25, 0.3) is 10.2 Å². The van der Waals surface area contributed by atoms with E-state index in [0.29, 0.717) is 41.7 Å². The van der Waals surface area contributed by atoms with Crippen molar-refractivity contribution in [3.8, 4) is 0 Å². The smallest absolute Gasteiger partial charge is 0.280 e. The van der Waals surface area contributed by atoms with Gasteiger partial charge in [-0.1, -0.05) is 22.9 Å². The molecule has 0 saturated carbocycles. The van der Waals surface area contributed by atoms with Crippen LogP contribution in [0.4, 0.5) is 0 Å². The van der Waals surface area contributed by atoms with E-state index in [-0.39, 0.29) is 23.3 Å². The summed E-state index contributed by atoms with van der Waals surface area (Å²) in [6, 6.07) is 9.09. The number of nitrogens with one attached hydrogen (secondary N) is 1. The van der Waals surface area contributed by atoms with Crippen LogP contribution < -0.4 is 11.0 Å². The van der Waals surface area contributed by atoms with Crippen LogP contribution >= 0.6 is 27.3 Å². The molecule has 0 unspecified atom stereocenters. The lowest BCUT2D eigenvalue weighted by atomic mass is 9.95. The molecule has 7 nitrogen and oxygen atoms in total. The van der Waals surface area contributed by atoms with Gasteiger partial charge in [0.2, 0.25) is 5.91 Å². The molecule has 1 saturated heterocycles. The number of thiophene rings is 1. The molecule has 0 spiro atoms. The van der Waals surface area contributed by atoms with Gasteiger partial charge in [0.25, 0.3) is 11.5 Å². The van der Waals surface area contributed by atoms with Gasteiger partial charge in [0, 0.05) is 33.9 Å². The molecule has 156 valence electrons. The average Bonchev–Trinajstić information content (AvgIpc) is 3.20. The fourth-order valence-electron chi connectivity index (χ4n) is 3.56. The van der Waals surface area contributed by atoms with Gasteiger partial charge in [0.05, 0.1) is 5.39 Å². The van der Waals surface area contributed by atoms with Crippen LogP contribution in [0.5, 0.6) is 0 Å². The Hall–Kier alpha value is -2.52. The highest BCUT2D eigenvalue weighted by Gasteiger charge is 2.28. The van der Waals surface area contributed by atoms with Gasteiger partial charge in [-0.2, -0.15) is 0 Å². The zero-order valence-electron chi connectivity index (χ0n) is 16.4. The van der Waals surface area contributed by atoms with E-state index in [1.165, 1.54) is 17.7 Å². The van der Waals surface area contributed by atoms with Crippen molar-refractivity contribution in [2.75, 3.05) is 18.5 Å². The molecule has 1 aliphatic heterocycles. The molecule has 3 heterocycles. The summed E-state index contributed by atoms with van der Waals surface area (Å²) in [5.74, 6) is -0.508. The number of carbonyl (C=O) groups excluding carboxylic acids is 2. The predicted octanol–water partition coefficient (Wildman–Crippen LogP) is 3.41. The molecule has 1 aromatic carbocycles. The molecular weight excluding hydrogens is 468 g/mol. The van der Waals surface area contributed by atoms with Crippen LogP contribution in [0.2, 0.25) is 0 Å². The monoisotopic (exact) mass is 488 g/mol. The minimum absolute atomic E-state index is 0.0311. The molecule has 0 bridgehead atoms. The average molecular weight is 489 g/mol. The number of aromatic nitrogens is 2. The zero-order chi connectivity index (χ0) is 21.3. The van der Waals surface area contributed by atoms with E-state index in [1.54, 1.807) is 17.0 Å². The van der Waals surface area contributed by atoms with E-state index in [4.69, 9.17) is 0 Å². The topological polar surface area (TPSA) is 84.3 Å². The number of fused-ring (bicyclic) bond motifs is 1. The van der Waals surface area contributed by atoms with Gasteiger partial charge in [0.15, 0.2) is 0 Å². The number of aryl methyl sites for hydroxylation is 1. The van der Waals surface area contributed by atoms with Gasteiger partial charge in [-0.25, -0.2) is 9.66 Å². The number of benzene rings is 1. The normalized spacial score (nSPS) is 14.8. The first kappa shape index (κ1) is 20.7. The first-order valence-electron chi connectivity index (χ1n) is 9.82. The third kappa shape index (κ3) is 4.17. The number of rotatable bonds is 4. The van der Waals surface area contributed by atoms with Crippen LogP contribution in [-0.4, -0.2) is 39.5 Å². The van der Waals surface area contributed by atoms with E-state index < -0.39 is 0 Å². The van der Waals surface area contributed by atoms with Crippen LogP contribution in [0.15, 0.2) is 45.9 Å². The number of likely N-dealkylation sites (tertiary alicyclic amines) is 1. The SMILES string of the molecule is CCc1cc2c(=O)n(NC(=O)C3CCN(C(=O)c4ccc(Br)cc4)CC3)cnc2s1. The van der Waals surface area contributed by atoms with Crippen molar-refractivity contribution in [1.29, 1.82) is 0 Å². The standard InChI is InChI=1S/C21H21BrN4O3S/c1-2-16-11-17-19(30-16)23-12-26(21(17)29)24-18(27)13-7-9-25(10-8-13)20(28)14-3-5-15(22)6-4-14/h3-6,11-13H,2,7-10H2,1H3,(H,24,27). The minimum Gasteiger partial charge on any atom is -0.339 e. The van der Waals surface area contributed by atoms with Gasteiger partial charge in [-0.3, -0.25) is 19.8 Å². The van der Waals surface area contributed by atoms with Crippen molar-refractivity contribution >= 4 is 49.3 Å². The lowest BCUT2D eigenvalue weighted by Gasteiger charge is -2.31.